The third-order valence-corrected chi connectivity index (χ3v) is 3.87. The fourth-order valence-electron chi connectivity index (χ4n) is 1.89. The van der Waals surface area contributed by atoms with E-state index in [1.54, 1.807) is 48.9 Å². The zero-order valence-electron chi connectivity index (χ0n) is 11.9. The van der Waals surface area contributed by atoms with E-state index in [0.29, 0.717) is 23.8 Å². The Bertz CT molecular complexity index is 748. The SMILES string of the molecule is CNC(=O)c1ccc(OCc2coc(-c3cccs3)n2)cc1. The van der Waals surface area contributed by atoms with Crippen LogP contribution in [0.15, 0.2) is 52.5 Å². The van der Waals surface area contributed by atoms with Crippen molar-refractivity contribution in [3.8, 4) is 16.5 Å². The lowest BCUT2D eigenvalue weighted by Gasteiger charge is -2.05. The lowest BCUT2D eigenvalue weighted by molar-refractivity contribution is 0.0963. The number of carbonyl (C=O) groups is 1. The third-order valence-electron chi connectivity index (χ3n) is 3.01. The van der Waals surface area contributed by atoms with E-state index in [-0.39, 0.29) is 5.91 Å². The van der Waals surface area contributed by atoms with Gasteiger partial charge in [0.05, 0.1) is 4.88 Å². The van der Waals surface area contributed by atoms with Gasteiger partial charge in [0.25, 0.3) is 5.91 Å². The second kappa shape index (κ2) is 6.44. The molecule has 0 spiro atoms. The first kappa shape index (κ1) is 14.3. The quantitative estimate of drug-likeness (QED) is 0.784. The summed E-state index contributed by atoms with van der Waals surface area (Å²) in [5.41, 5.74) is 1.31. The van der Waals surface area contributed by atoms with Gasteiger partial charge in [-0.25, -0.2) is 4.98 Å². The number of carbonyl (C=O) groups excluding carboxylic acids is 1. The highest BCUT2D eigenvalue weighted by molar-refractivity contribution is 7.13. The zero-order valence-corrected chi connectivity index (χ0v) is 12.7. The molecule has 6 heteroatoms. The van der Waals surface area contributed by atoms with Crippen molar-refractivity contribution in [1.29, 1.82) is 0 Å². The minimum Gasteiger partial charge on any atom is -0.487 e. The fourth-order valence-corrected chi connectivity index (χ4v) is 2.55. The van der Waals surface area contributed by atoms with Crippen LogP contribution in [0.3, 0.4) is 0 Å². The van der Waals surface area contributed by atoms with Gasteiger partial charge in [0.2, 0.25) is 5.89 Å². The van der Waals surface area contributed by atoms with Gasteiger partial charge < -0.3 is 14.5 Å². The molecule has 0 saturated heterocycles. The molecule has 0 radical (unpaired) electrons. The lowest BCUT2D eigenvalue weighted by Crippen LogP contribution is -2.17. The molecule has 3 aromatic rings. The first-order valence-electron chi connectivity index (χ1n) is 6.69. The highest BCUT2D eigenvalue weighted by Crippen LogP contribution is 2.24. The molecule has 5 nitrogen and oxygen atoms in total. The van der Waals surface area contributed by atoms with E-state index in [1.165, 1.54) is 0 Å². The number of nitrogens with one attached hydrogen (secondary N) is 1. The molecule has 0 saturated carbocycles. The summed E-state index contributed by atoms with van der Waals surface area (Å²) in [4.78, 5) is 16.8. The Kier molecular flexibility index (Phi) is 4.20. The van der Waals surface area contributed by atoms with Gasteiger partial charge in [-0.05, 0) is 35.7 Å². The topological polar surface area (TPSA) is 64.4 Å². The molecule has 2 heterocycles. The Hall–Kier alpha value is -2.60. The molecule has 2 aromatic heterocycles. The van der Waals surface area contributed by atoms with E-state index in [1.807, 2.05) is 17.5 Å². The molecule has 1 aromatic carbocycles. The zero-order chi connectivity index (χ0) is 15.4. The van der Waals surface area contributed by atoms with Crippen LogP contribution < -0.4 is 10.1 Å². The van der Waals surface area contributed by atoms with E-state index in [4.69, 9.17) is 9.15 Å². The van der Waals surface area contributed by atoms with Crippen molar-refractivity contribution in [2.75, 3.05) is 7.05 Å². The number of oxazole rings is 1. The van der Waals surface area contributed by atoms with Crippen LogP contribution in [0.2, 0.25) is 0 Å². The number of thiophene rings is 1. The Morgan fingerprint density at radius 2 is 2.14 bits per heavy atom. The number of amides is 1. The molecular formula is C16H14N2O3S. The first-order valence-corrected chi connectivity index (χ1v) is 7.57. The summed E-state index contributed by atoms with van der Waals surface area (Å²) in [5.74, 6) is 1.15. The Morgan fingerprint density at radius 3 is 2.82 bits per heavy atom. The van der Waals surface area contributed by atoms with Crippen LogP contribution in [-0.4, -0.2) is 17.9 Å². The lowest BCUT2D eigenvalue weighted by atomic mass is 10.2. The molecule has 1 N–H and O–H groups in total. The van der Waals surface area contributed by atoms with E-state index in [0.717, 1.165) is 10.6 Å². The molecule has 0 bridgehead atoms. The largest absolute Gasteiger partial charge is 0.487 e. The van der Waals surface area contributed by atoms with Gasteiger partial charge in [-0.1, -0.05) is 6.07 Å². The van der Waals surface area contributed by atoms with Gasteiger partial charge in [0, 0.05) is 12.6 Å². The maximum absolute atomic E-state index is 11.4. The average molecular weight is 314 g/mol. The van der Waals surface area contributed by atoms with Crippen LogP contribution >= 0.6 is 11.3 Å². The molecule has 0 atom stereocenters. The van der Waals surface area contributed by atoms with Crippen LogP contribution in [0.5, 0.6) is 5.75 Å². The van der Waals surface area contributed by atoms with Crippen molar-refractivity contribution in [3.63, 3.8) is 0 Å². The highest BCUT2D eigenvalue weighted by Gasteiger charge is 2.08. The molecule has 0 aliphatic rings. The van der Waals surface area contributed by atoms with Crippen molar-refractivity contribution in [1.82, 2.24) is 10.3 Å². The predicted octanol–water partition coefficient (Wildman–Crippen LogP) is 3.34. The second-order valence-corrected chi connectivity index (χ2v) is 5.46. The van der Waals surface area contributed by atoms with Crippen LogP contribution in [-0.2, 0) is 6.61 Å². The molecular weight excluding hydrogens is 300 g/mol. The van der Waals surface area contributed by atoms with Crippen molar-refractivity contribution in [2.24, 2.45) is 0 Å². The number of hydrogen-bond acceptors (Lipinski definition) is 5. The molecule has 22 heavy (non-hydrogen) atoms. The second-order valence-electron chi connectivity index (χ2n) is 4.51. The summed E-state index contributed by atoms with van der Waals surface area (Å²) < 4.78 is 11.1. The number of ether oxygens (including phenoxy) is 1. The highest BCUT2D eigenvalue weighted by atomic mass is 32.1. The number of aromatic nitrogens is 1. The summed E-state index contributed by atoms with van der Waals surface area (Å²) in [6.07, 6.45) is 1.59. The Labute approximate surface area is 131 Å². The average Bonchev–Trinajstić information content (AvgIpc) is 3.23. The number of nitrogens with zero attached hydrogens (tertiary/aromatic N) is 1. The number of hydrogen-bond donors (Lipinski definition) is 1. The van der Waals surface area contributed by atoms with Crippen molar-refractivity contribution >= 4 is 17.2 Å². The van der Waals surface area contributed by atoms with E-state index in [9.17, 15) is 4.79 Å². The molecule has 0 aliphatic heterocycles. The smallest absolute Gasteiger partial charge is 0.251 e. The van der Waals surface area contributed by atoms with Crippen LogP contribution in [0.25, 0.3) is 10.8 Å². The maximum Gasteiger partial charge on any atom is 0.251 e. The van der Waals surface area contributed by atoms with Crippen LogP contribution in [0.4, 0.5) is 0 Å². The molecule has 0 fully saturated rings. The van der Waals surface area contributed by atoms with Gasteiger partial charge in [-0.3, -0.25) is 4.79 Å². The van der Waals surface area contributed by atoms with E-state index in [2.05, 4.69) is 10.3 Å². The Balaban J connectivity index is 1.62. The summed E-state index contributed by atoms with van der Waals surface area (Å²) >= 11 is 1.58. The summed E-state index contributed by atoms with van der Waals surface area (Å²) in [5, 5.41) is 4.55. The van der Waals surface area contributed by atoms with Crippen LogP contribution in [0.1, 0.15) is 16.1 Å². The number of benzene rings is 1. The van der Waals surface area contributed by atoms with Crippen molar-refractivity contribution in [2.45, 2.75) is 6.61 Å². The normalized spacial score (nSPS) is 10.4. The summed E-state index contributed by atoms with van der Waals surface area (Å²) in [6, 6.07) is 10.9. The minimum atomic E-state index is -0.122. The van der Waals surface area contributed by atoms with Gasteiger partial charge >= 0.3 is 0 Å². The molecule has 0 unspecified atom stereocenters. The van der Waals surface area contributed by atoms with Crippen molar-refractivity contribution in [3.05, 3.63) is 59.3 Å². The predicted molar refractivity (Wildman–Crippen MR) is 84.0 cm³/mol. The molecule has 3 rings (SSSR count). The van der Waals surface area contributed by atoms with Gasteiger partial charge in [0.1, 0.15) is 24.3 Å². The number of rotatable bonds is 5. The van der Waals surface area contributed by atoms with Crippen molar-refractivity contribution < 1.29 is 13.9 Å². The maximum atomic E-state index is 11.4. The molecule has 112 valence electrons. The minimum absolute atomic E-state index is 0.122. The standard InChI is InChI=1S/C16H14N2O3S/c1-17-15(19)11-4-6-13(7-5-11)20-9-12-10-21-16(18-12)14-3-2-8-22-14/h2-8,10H,9H2,1H3,(H,17,19). The van der Waals surface area contributed by atoms with Crippen LogP contribution in [0, 0.1) is 0 Å². The fraction of sp³-hybridized carbons (Fsp3) is 0.125. The first-order chi connectivity index (χ1) is 10.8. The van der Waals surface area contributed by atoms with E-state index >= 15 is 0 Å². The Morgan fingerprint density at radius 1 is 1.32 bits per heavy atom. The van der Waals surface area contributed by atoms with E-state index < -0.39 is 0 Å². The van der Waals surface area contributed by atoms with Gasteiger partial charge in [0.15, 0.2) is 0 Å². The molecule has 1 amide bonds. The summed E-state index contributed by atoms with van der Waals surface area (Å²) in [6.45, 7) is 0.314. The van der Waals surface area contributed by atoms with Gasteiger partial charge in [-0.15, -0.1) is 11.3 Å². The monoisotopic (exact) mass is 314 g/mol. The summed E-state index contributed by atoms with van der Waals surface area (Å²) in [7, 11) is 1.60. The third kappa shape index (κ3) is 3.17. The molecule has 0 aliphatic carbocycles. The van der Waals surface area contributed by atoms with Gasteiger partial charge in [-0.2, -0.15) is 0 Å².